The van der Waals surface area contributed by atoms with Crippen molar-refractivity contribution >= 4 is 0 Å². The summed E-state index contributed by atoms with van der Waals surface area (Å²) >= 11 is 0. The van der Waals surface area contributed by atoms with E-state index in [2.05, 4.69) is 0 Å². The Morgan fingerprint density at radius 2 is 1.68 bits per heavy atom. The zero-order chi connectivity index (χ0) is 15.8. The molecule has 0 fully saturated rings. The lowest BCUT2D eigenvalue weighted by Gasteiger charge is -2.14. The van der Waals surface area contributed by atoms with Gasteiger partial charge in [0.1, 0.15) is 30.5 Å². The van der Waals surface area contributed by atoms with E-state index in [1.807, 2.05) is 49.4 Å². The third-order valence-corrected chi connectivity index (χ3v) is 3.38. The van der Waals surface area contributed by atoms with E-state index in [1.54, 1.807) is 7.11 Å². The lowest BCUT2D eigenvalue weighted by atomic mass is 10.1. The minimum absolute atomic E-state index is 0.471. The molecule has 0 amide bonds. The SMILES string of the molecule is COc1ccc(CCN)c(OCCOc2ccccc2C)c1. The lowest BCUT2D eigenvalue weighted by Crippen LogP contribution is -2.11. The van der Waals surface area contributed by atoms with Crippen LogP contribution in [0.3, 0.4) is 0 Å². The summed E-state index contributed by atoms with van der Waals surface area (Å²) in [4.78, 5) is 0. The van der Waals surface area contributed by atoms with Crippen molar-refractivity contribution in [3.05, 3.63) is 53.6 Å². The second-order valence-electron chi connectivity index (χ2n) is 4.97. The maximum atomic E-state index is 5.83. The molecule has 2 N–H and O–H groups in total. The average molecular weight is 301 g/mol. The number of ether oxygens (including phenoxy) is 3. The van der Waals surface area contributed by atoms with Crippen molar-refractivity contribution < 1.29 is 14.2 Å². The highest BCUT2D eigenvalue weighted by molar-refractivity contribution is 5.41. The first-order valence-electron chi connectivity index (χ1n) is 7.43. The molecule has 4 nitrogen and oxygen atoms in total. The van der Waals surface area contributed by atoms with E-state index < -0.39 is 0 Å². The third-order valence-electron chi connectivity index (χ3n) is 3.38. The molecule has 2 rings (SSSR count). The van der Waals surface area contributed by atoms with Crippen molar-refractivity contribution in [2.45, 2.75) is 13.3 Å². The highest BCUT2D eigenvalue weighted by Gasteiger charge is 2.06. The van der Waals surface area contributed by atoms with Crippen LogP contribution in [0.25, 0.3) is 0 Å². The standard InChI is InChI=1S/C18H23NO3/c1-14-5-3-4-6-17(14)21-11-12-22-18-13-16(20-2)8-7-15(18)9-10-19/h3-8,13H,9-12,19H2,1-2H3. The molecular formula is C18H23NO3. The molecule has 0 aromatic heterocycles. The van der Waals surface area contributed by atoms with Gasteiger partial charge in [0.05, 0.1) is 7.11 Å². The normalized spacial score (nSPS) is 10.3. The molecule has 0 unspecified atom stereocenters. The number of nitrogens with two attached hydrogens (primary N) is 1. The molecular weight excluding hydrogens is 278 g/mol. The largest absolute Gasteiger partial charge is 0.497 e. The first-order valence-corrected chi connectivity index (χ1v) is 7.43. The Bertz CT molecular complexity index is 599. The van der Waals surface area contributed by atoms with E-state index >= 15 is 0 Å². The van der Waals surface area contributed by atoms with Gasteiger partial charge in [0.25, 0.3) is 0 Å². The van der Waals surface area contributed by atoms with Crippen LogP contribution >= 0.6 is 0 Å². The summed E-state index contributed by atoms with van der Waals surface area (Å²) in [5, 5.41) is 0. The molecule has 0 heterocycles. The summed E-state index contributed by atoms with van der Waals surface area (Å²) in [5.41, 5.74) is 7.84. The monoisotopic (exact) mass is 301 g/mol. The van der Waals surface area contributed by atoms with Gasteiger partial charge in [-0.25, -0.2) is 0 Å². The molecule has 0 radical (unpaired) electrons. The van der Waals surface area contributed by atoms with E-state index in [-0.39, 0.29) is 0 Å². The fourth-order valence-corrected chi connectivity index (χ4v) is 2.18. The number of rotatable bonds is 8. The van der Waals surface area contributed by atoms with Crippen LogP contribution in [-0.2, 0) is 6.42 Å². The van der Waals surface area contributed by atoms with Gasteiger partial charge in [-0.05, 0) is 43.1 Å². The van der Waals surface area contributed by atoms with Gasteiger partial charge in [0.15, 0.2) is 0 Å². The van der Waals surface area contributed by atoms with Crippen LogP contribution in [0.4, 0.5) is 0 Å². The fraction of sp³-hybridized carbons (Fsp3) is 0.333. The van der Waals surface area contributed by atoms with Crippen LogP contribution in [0.5, 0.6) is 17.2 Å². The van der Waals surface area contributed by atoms with Crippen LogP contribution < -0.4 is 19.9 Å². The predicted octanol–water partition coefficient (Wildman–Crippen LogP) is 2.96. The van der Waals surface area contributed by atoms with Crippen LogP contribution in [0.1, 0.15) is 11.1 Å². The maximum absolute atomic E-state index is 5.83. The Hall–Kier alpha value is -2.20. The highest BCUT2D eigenvalue weighted by atomic mass is 16.5. The summed E-state index contributed by atoms with van der Waals surface area (Å²) in [5.74, 6) is 2.47. The van der Waals surface area contributed by atoms with E-state index in [1.165, 1.54) is 0 Å². The summed E-state index contributed by atoms with van der Waals surface area (Å²) in [6.07, 6.45) is 0.776. The summed E-state index contributed by atoms with van der Waals surface area (Å²) < 4.78 is 16.8. The molecule has 22 heavy (non-hydrogen) atoms. The smallest absolute Gasteiger partial charge is 0.126 e. The molecule has 0 aliphatic rings. The number of benzene rings is 2. The molecule has 118 valence electrons. The molecule has 4 heteroatoms. The van der Waals surface area contributed by atoms with Crippen molar-refractivity contribution in [2.75, 3.05) is 26.9 Å². The molecule has 0 atom stereocenters. The quantitative estimate of drug-likeness (QED) is 0.762. The zero-order valence-corrected chi connectivity index (χ0v) is 13.2. The number of hydrogen-bond donors (Lipinski definition) is 1. The summed E-state index contributed by atoms with van der Waals surface area (Å²) in [6.45, 7) is 3.57. The van der Waals surface area contributed by atoms with E-state index in [0.29, 0.717) is 19.8 Å². The van der Waals surface area contributed by atoms with Gasteiger partial charge >= 0.3 is 0 Å². The first-order chi connectivity index (χ1) is 10.7. The fourth-order valence-electron chi connectivity index (χ4n) is 2.18. The van der Waals surface area contributed by atoms with Crippen LogP contribution in [-0.4, -0.2) is 26.9 Å². The lowest BCUT2D eigenvalue weighted by molar-refractivity contribution is 0.214. The van der Waals surface area contributed by atoms with Gasteiger partial charge in [0.2, 0.25) is 0 Å². The molecule has 0 aliphatic carbocycles. The van der Waals surface area contributed by atoms with Crippen molar-refractivity contribution in [1.29, 1.82) is 0 Å². The zero-order valence-electron chi connectivity index (χ0n) is 13.2. The van der Waals surface area contributed by atoms with E-state index in [9.17, 15) is 0 Å². The van der Waals surface area contributed by atoms with Gasteiger partial charge in [0, 0.05) is 6.07 Å². The Morgan fingerprint density at radius 3 is 2.36 bits per heavy atom. The van der Waals surface area contributed by atoms with Gasteiger partial charge in [-0.2, -0.15) is 0 Å². The Balaban J connectivity index is 1.92. The minimum Gasteiger partial charge on any atom is -0.497 e. The number of hydrogen-bond acceptors (Lipinski definition) is 4. The van der Waals surface area contributed by atoms with Gasteiger partial charge in [-0.15, -0.1) is 0 Å². The highest BCUT2D eigenvalue weighted by Crippen LogP contribution is 2.25. The Morgan fingerprint density at radius 1 is 0.955 bits per heavy atom. The van der Waals surface area contributed by atoms with Crippen molar-refractivity contribution in [2.24, 2.45) is 5.73 Å². The van der Waals surface area contributed by atoms with Gasteiger partial charge < -0.3 is 19.9 Å². The van der Waals surface area contributed by atoms with Crippen molar-refractivity contribution in [3.63, 3.8) is 0 Å². The molecule has 0 saturated carbocycles. The Kier molecular flexibility index (Phi) is 6.10. The average Bonchev–Trinajstić information content (AvgIpc) is 2.54. The molecule has 0 saturated heterocycles. The second kappa shape index (κ2) is 8.29. The van der Waals surface area contributed by atoms with Crippen LogP contribution in [0.2, 0.25) is 0 Å². The molecule has 0 bridgehead atoms. The first kappa shape index (κ1) is 16.2. The summed E-state index contributed by atoms with van der Waals surface area (Å²) in [6, 6.07) is 13.7. The number of methoxy groups -OCH3 is 1. The predicted molar refractivity (Wildman–Crippen MR) is 87.9 cm³/mol. The van der Waals surface area contributed by atoms with Crippen LogP contribution in [0, 0.1) is 6.92 Å². The third kappa shape index (κ3) is 4.40. The molecule has 0 aliphatic heterocycles. The van der Waals surface area contributed by atoms with Crippen molar-refractivity contribution in [1.82, 2.24) is 0 Å². The maximum Gasteiger partial charge on any atom is 0.126 e. The second-order valence-corrected chi connectivity index (χ2v) is 4.97. The number of para-hydroxylation sites is 1. The minimum atomic E-state index is 0.471. The van der Waals surface area contributed by atoms with Crippen LogP contribution in [0.15, 0.2) is 42.5 Å². The molecule has 0 spiro atoms. The van der Waals surface area contributed by atoms with Crippen molar-refractivity contribution in [3.8, 4) is 17.2 Å². The Labute approximate surface area is 131 Å². The van der Waals surface area contributed by atoms with E-state index in [0.717, 1.165) is 34.8 Å². The molecule has 2 aromatic rings. The molecule has 2 aromatic carbocycles. The summed E-state index contributed by atoms with van der Waals surface area (Å²) in [7, 11) is 1.64. The van der Waals surface area contributed by atoms with Gasteiger partial charge in [-0.1, -0.05) is 24.3 Å². The van der Waals surface area contributed by atoms with Gasteiger partial charge in [-0.3, -0.25) is 0 Å². The number of aryl methyl sites for hydroxylation is 1. The van der Waals surface area contributed by atoms with E-state index in [4.69, 9.17) is 19.9 Å². The topological polar surface area (TPSA) is 53.7 Å².